The second-order valence-electron chi connectivity index (χ2n) is 9.28. The number of carbonyl (C=O) groups excluding carboxylic acids is 1. The summed E-state index contributed by atoms with van der Waals surface area (Å²) < 4.78 is 41.6. The number of nitrogens with zero attached hydrogens (tertiary/aromatic N) is 1. The second kappa shape index (κ2) is 9.06. The molecule has 1 amide bonds. The molecule has 0 spiro atoms. The zero-order valence-corrected chi connectivity index (χ0v) is 20.2. The number of amides is 1. The van der Waals surface area contributed by atoms with Crippen molar-refractivity contribution in [3.05, 3.63) is 149 Å². The van der Waals surface area contributed by atoms with Gasteiger partial charge in [0.1, 0.15) is 5.54 Å². The number of para-hydroxylation sites is 1. The van der Waals surface area contributed by atoms with Crippen molar-refractivity contribution in [1.29, 1.82) is 0 Å². The first-order valence-corrected chi connectivity index (χ1v) is 12.3. The molecule has 38 heavy (non-hydrogen) atoms. The van der Waals surface area contributed by atoms with Crippen molar-refractivity contribution in [3.8, 4) is 0 Å². The van der Waals surface area contributed by atoms with E-state index in [-0.39, 0.29) is 6.54 Å². The lowest BCUT2D eigenvalue weighted by Gasteiger charge is -2.33. The van der Waals surface area contributed by atoms with Gasteiger partial charge >= 0.3 is 12.1 Å². The number of halogens is 3. The molecule has 0 bridgehead atoms. The van der Waals surface area contributed by atoms with Crippen molar-refractivity contribution < 1.29 is 18.0 Å². The highest BCUT2D eigenvalue weighted by atomic mass is 19.4. The summed E-state index contributed by atoms with van der Waals surface area (Å²) in [6.07, 6.45) is -2.77. The number of hydrogen-bond acceptors (Lipinski definition) is 1. The fourth-order valence-electron chi connectivity index (χ4n) is 5.56. The number of benzene rings is 4. The van der Waals surface area contributed by atoms with Gasteiger partial charge in [0, 0.05) is 23.1 Å². The molecule has 0 fully saturated rings. The predicted molar refractivity (Wildman–Crippen MR) is 142 cm³/mol. The van der Waals surface area contributed by atoms with Gasteiger partial charge in [0.05, 0.1) is 11.2 Å². The van der Waals surface area contributed by atoms with Gasteiger partial charge in [0.15, 0.2) is 0 Å². The molecule has 6 rings (SSSR count). The van der Waals surface area contributed by atoms with Gasteiger partial charge < -0.3 is 9.88 Å². The molecule has 1 aromatic heterocycles. The van der Waals surface area contributed by atoms with Gasteiger partial charge in [-0.3, -0.25) is 4.79 Å². The lowest BCUT2D eigenvalue weighted by atomic mass is 9.82. The Kier molecular flexibility index (Phi) is 5.68. The highest BCUT2D eigenvalue weighted by Gasteiger charge is 2.44. The predicted octanol–water partition coefficient (Wildman–Crippen LogP) is 7.06. The third-order valence-electron chi connectivity index (χ3n) is 7.14. The Morgan fingerprint density at radius 2 is 1.26 bits per heavy atom. The molecule has 0 unspecified atom stereocenters. The van der Waals surface area contributed by atoms with E-state index < -0.39 is 17.6 Å². The number of fused-ring (bicyclic) bond motifs is 3. The number of hydrogen-bond donors (Lipinski definition) is 1. The van der Waals surface area contributed by atoms with Crippen LogP contribution in [0.3, 0.4) is 0 Å². The Morgan fingerprint density at radius 3 is 1.84 bits per heavy atom. The van der Waals surface area contributed by atoms with Crippen LogP contribution in [0.25, 0.3) is 16.5 Å². The van der Waals surface area contributed by atoms with Gasteiger partial charge in [0.2, 0.25) is 0 Å². The largest absolute Gasteiger partial charge is 0.471 e. The number of alkyl halides is 3. The molecule has 1 aliphatic rings. The van der Waals surface area contributed by atoms with Crippen LogP contribution >= 0.6 is 0 Å². The quantitative estimate of drug-likeness (QED) is 0.271. The number of carbonyl (C=O) groups is 1. The van der Waals surface area contributed by atoms with Gasteiger partial charge in [-0.1, -0.05) is 109 Å². The molecule has 0 atom stereocenters. The number of rotatable bonds is 5. The Bertz CT molecular complexity index is 1610. The zero-order valence-electron chi connectivity index (χ0n) is 20.2. The summed E-state index contributed by atoms with van der Waals surface area (Å²) >= 11 is 0. The SMILES string of the molecule is O=C(NCc1c2n(c3ccccc13)C(c1ccccc1)(c1ccccc1)C=C2c1ccccc1)C(F)(F)F. The van der Waals surface area contributed by atoms with E-state index in [1.807, 2.05) is 91.0 Å². The molecule has 5 aromatic rings. The van der Waals surface area contributed by atoms with E-state index in [0.717, 1.165) is 38.9 Å². The van der Waals surface area contributed by atoms with Gasteiger partial charge in [-0.2, -0.15) is 13.2 Å². The summed E-state index contributed by atoms with van der Waals surface area (Å²) in [6.45, 7) is -0.259. The smallest absolute Gasteiger partial charge is 0.344 e. The summed E-state index contributed by atoms with van der Waals surface area (Å²) in [7, 11) is 0. The third-order valence-corrected chi connectivity index (χ3v) is 7.14. The Labute approximate surface area is 217 Å². The number of allylic oxidation sites excluding steroid dienone is 1. The molecule has 0 saturated heterocycles. The summed E-state index contributed by atoms with van der Waals surface area (Å²) in [5, 5.41) is 2.92. The molecule has 3 nitrogen and oxygen atoms in total. The maximum absolute atomic E-state index is 13.1. The van der Waals surface area contributed by atoms with E-state index in [4.69, 9.17) is 0 Å². The first-order chi connectivity index (χ1) is 18.4. The average Bonchev–Trinajstić information content (AvgIpc) is 3.47. The standard InChI is InChI=1S/C32H23F3N2O/c33-32(34,35)30(38)36-21-27-25-18-10-11-19-28(25)37-29(27)26(22-12-4-1-5-13-22)20-31(37,23-14-6-2-7-15-23)24-16-8-3-9-17-24/h1-20H,21H2,(H,36,38). The van der Waals surface area contributed by atoms with Crippen LogP contribution in [-0.2, 0) is 16.9 Å². The molecule has 4 aromatic carbocycles. The minimum absolute atomic E-state index is 0.259. The summed E-state index contributed by atoms with van der Waals surface area (Å²) in [6, 6.07) is 37.7. The van der Waals surface area contributed by atoms with Crippen LogP contribution in [0.15, 0.2) is 121 Å². The van der Waals surface area contributed by atoms with Crippen LogP contribution < -0.4 is 5.32 Å². The minimum atomic E-state index is -4.96. The third kappa shape index (κ3) is 3.72. The molecule has 0 saturated carbocycles. The highest BCUT2D eigenvalue weighted by Crippen LogP contribution is 2.51. The van der Waals surface area contributed by atoms with Gasteiger partial charge in [0.25, 0.3) is 0 Å². The van der Waals surface area contributed by atoms with Gasteiger partial charge in [-0.25, -0.2) is 0 Å². The Balaban J connectivity index is 1.71. The second-order valence-corrected chi connectivity index (χ2v) is 9.28. The first kappa shape index (κ1) is 23.8. The molecular formula is C32H23F3N2O. The van der Waals surface area contributed by atoms with Crippen molar-refractivity contribution >= 4 is 22.4 Å². The van der Waals surface area contributed by atoms with Crippen LogP contribution in [0.2, 0.25) is 0 Å². The molecule has 1 aliphatic heterocycles. The monoisotopic (exact) mass is 508 g/mol. The van der Waals surface area contributed by atoms with Crippen LogP contribution in [0.4, 0.5) is 13.2 Å². The van der Waals surface area contributed by atoms with E-state index in [2.05, 4.69) is 40.2 Å². The first-order valence-electron chi connectivity index (χ1n) is 12.3. The fourth-order valence-corrected chi connectivity index (χ4v) is 5.56. The van der Waals surface area contributed by atoms with Crippen molar-refractivity contribution in [2.75, 3.05) is 0 Å². The van der Waals surface area contributed by atoms with E-state index in [1.54, 1.807) is 0 Å². The number of nitrogens with one attached hydrogen (secondary N) is 1. The maximum atomic E-state index is 13.1. The van der Waals surface area contributed by atoms with E-state index in [1.165, 1.54) is 0 Å². The molecule has 0 radical (unpaired) electrons. The van der Waals surface area contributed by atoms with Crippen LogP contribution in [0.1, 0.15) is 27.9 Å². The lowest BCUT2D eigenvalue weighted by molar-refractivity contribution is -0.173. The Morgan fingerprint density at radius 1 is 0.737 bits per heavy atom. The van der Waals surface area contributed by atoms with Crippen LogP contribution in [0, 0.1) is 0 Å². The van der Waals surface area contributed by atoms with Crippen molar-refractivity contribution in [2.24, 2.45) is 0 Å². The molecule has 188 valence electrons. The van der Waals surface area contributed by atoms with Crippen LogP contribution in [-0.4, -0.2) is 16.7 Å². The molecular weight excluding hydrogens is 485 g/mol. The molecule has 1 N–H and O–H groups in total. The van der Waals surface area contributed by atoms with Crippen molar-refractivity contribution in [3.63, 3.8) is 0 Å². The highest BCUT2D eigenvalue weighted by molar-refractivity contribution is 5.98. The summed E-state index contributed by atoms with van der Waals surface area (Å²) in [5.74, 6) is -1.96. The van der Waals surface area contributed by atoms with Gasteiger partial charge in [-0.15, -0.1) is 0 Å². The summed E-state index contributed by atoms with van der Waals surface area (Å²) in [4.78, 5) is 11.9. The van der Waals surface area contributed by atoms with E-state index in [9.17, 15) is 18.0 Å². The molecule has 2 heterocycles. The summed E-state index contributed by atoms with van der Waals surface area (Å²) in [5.41, 5.74) is 5.40. The van der Waals surface area contributed by atoms with E-state index >= 15 is 0 Å². The molecule has 0 aliphatic carbocycles. The van der Waals surface area contributed by atoms with Gasteiger partial charge in [-0.05, 0) is 28.8 Å². The lowest BCUT2D eigenvalue weighted by Crippen LogP contribution is -2.36. The van der Waals surface area contributed by atoms with Crippen molar-refractivity contribution in [2.45, 2.75) is 18.3 Å². The zero-order chi connectivity index (χ0) is 26.3. The topological polar surface area (TPSA) is 34.0 Å². The van der Waals surface area contributed by atoms with Crippen molar-refractivity contribution in [1.82, 2.24) is 9.88 Å². The minimum Gasteiger partial charge on any atom is -0.344 e. The molecule has 6 heteroatoms. The van der Waals surface area contributed by atoms with E-state index in [0.29, 0.717) is 5.56 Å². The average molecular weight is 509 g/mol. The normalized spacial score (nSPS) is 14.2. The maximum Gasteiger partial charge on any atom is 0.471 e. The fraction of sp³-hybridized carbons (Fsp3) is 0.0938. The number of aromatic nitrogens is 1. The van der Waals surface area contributed by atoms with Crippen LogP contribution in [0.5, 0.6) is 0 Å². The Hall–Kier alpha value is -4.58.